The van der Waals surface area contributed by atoms with Gasteiger partial charge in [-0.25, -0.2) is 4.79 Å². The highest BCUT2D eigenvalue weighted by atomic mass is 32.2. The first-order valence-electron chi connectivity index (χ1n) is 11.1. The van der Waals surface area contributed by atoms with E-state index in [0.29, 0.717) is 17.1 Å². The summed E-state index contributed by atoms with van der Waals surface area (Å²) in [5.74, 6) is -0.891. The van der Waals surface area contributed by atoms with Crippen molar-refractivity contribution >= 4 is 29.5 Å². The van der Waals surface area contributed by atoms with Crippen molar-refractivity contribution in [2.45, 2.75) is 17.5 Å². The summed E-state index contributed by atoms with van der Waals surface area (Å²) in [4.78, 5) is 37.9. The molecule has 0 aromatic heterocycles. The Morgan fingerprint density at radius 2 is 1.54 bits per heavy atom. The minimum Gasteiger partial charge on any atom is -0.481 e. The summed E-state index contributed by atoms with van der Waals surface area (Å²) in [6, 6.07) is 25.8. The van der Waals surface area contributed by atoms with Crippen molar-refractivity contribution in [1.82, 2.24) is 10.2 Å². The highest BCUT2D eigenvalue weighted by molar-refractivity contribution is 8.00. The summed E-state index contributed by atoms with van der Waals surface area (Å²) in [7, 11) is 0. The molecule has 35 heavy (non-hydrogen) atoms. The van der Waals surface area contributed by atoms with Crippen molar-refractivity contribution in [3.63, 3.8) is 0 Å². The molecule has 2 atom stereocenters. The number of thioether (sulfide) groups is 1. The standard InChI is InChI=1S/C27H22N2O5S/c30-24(28-22-25(31)29-21(27(32)33)15-16-35-26(22)29)19-11-13-20(14-12-19)34-23(17-7-3-1-4-8-17)18-9-5-2-6-10-18/h1-15,22-23,26H,16H2,(H,28,30)(H,32,33)/t22?,26-/m1/s1. The van der Waals surface area contributed by atoms with Gasteiger partial charge in [-0.05, 0) is 41.5 Å². The lowest BCUT2D eigenvalue weighted by Crippen LogP contribution is -2.70. The summed E-state index contributed by atoms with van der Waals surface area (Å²) in [5, 5.41) is 11.6. The number of nitrogens with zero attached hydrogens (tertiary/aromatic N) is 1. The second kappa shape index (κ2) is 9.68. The summed E-state index contributed by atoms with van der Waals surface area (Å²) >= 11 is 1.42. The summed E-state index contributed by atoms with van der Waals surface area (Å²) < 4.78 is 6.30. The van der Waals surface area contributed by atoms with Crippen LogP contribution in [0.4, 0.5) is 0 Å². The van der Waals surface area contributed by atoms with Crippen LogP contribution in [0.3, 0.4) is 0 Å². The number of carboxylic acids is 1. The Hall–Kier alpha value is -4.04. The number of benzene rings is 3. The molecule has 2 N–H and O–H groups in total. The minimum absolute atomic E-state index is 0.0304. The number of nitrogens with one attached hydrogen (secondary N) is 1. The zero-order valence-electron chi connectivity index (χ0n) is 18.5. The van der Waals surface area contributed by atoms with Crippen LogP contribution in [0.25, 0.3) is 0 Å². The average Bonchev–Trinajstić information content (AvgIpc) is 2.91. The quantitative estimate of drug-likeness (QED) is 0.493. The van der Waals surface area contributed by atoms with Gasteiger partial charge in [0.1, 0.15) is 29.0 Å². The van der Waals surface area contributed by atoms with E-state index < -0.39 is 29.2 Å². The lowest BCUT2D eigenvalue weighted by atomic mass is 10.0. The molecule has 5 rings (SSSR count). The Balaban J connectivity index is 1.27. The molecule has 1 fully saturated rings. The lowest BCUT2D eigenvalue weighted by Gasteiger charge is -2.48. The van der Waals surface area contributed by atoms with E-state index in [9.17, 15) is 19.5 Å². The van der Waals surface area contributed by atoms with Crippen molar-refractivity contribution in [2.24, 2.45) is 0 Å². The van der Waals surface area contributed by atoms with Crippen LogP contribution in [0.2, 0.25) is 0 Å². The van der Waals surface area contributed by atoms with Crippen LogP contribution in [-0.4, -0.2) is 45.0 Å². The maximum absolute atomic E-state index is 12.8. The number of amides is 2. The topological polar surface area (TPSA) is 95.9 Å². The van der Waals surface area contributed by atoms with E-state index in [2.05, 4.69) is 5.32 Å². The molecule has 176 valence electrons. The predicted molar refractivity (Wildman–Crippen MR) is 132 cm³/mol. The molecule has 0 bridgehead atoms. The Kier molecular flexibility index (Phi) is 6.29. The van der Waals surface area contributed by atoms with Crippen LogP contribution in [0.15, 0.2) is 96.7 Å². The van der Waals surface area contributed by atoms with Crippen LogP contribution in [-0.2, 0) is 9.59 Å². The molecule has 2 heterocycles. The van der Waals surface area contributed by atoms with Crippen molar-refractivity contribution in [2.75, 3.05) is 5.75 Å². The zero-order valence-corrected chi connectivity index (χ0v) is 19.4. The maximum Gasteiger partial charge on any atom is 0.352 e. The predicted octanol–water partition coefficient (Wildman–Crippen LogP) is 3.84. The van der Waals surface area contributed by atoms with Crippen LogP contribution in [0.1, 0.15) is 27.6 Å². The van der Waals surface area contributed by atoms with Gasteiger partial charge in [0.15, 0.2) is 0 Å². The number of hydrogen-bond acceptors (Lipinski definition) is 5. The number of carbonyl (C=O) groups is 3. The fourth-order valence-electron chi connectivity index (χ4n) is 4.17. The van der Waals surface area contributed by atoms with Gasteiger partial charge in [-0.3, -0.25) is 14.5 Å². The Labute approximate surface area is 206 Å². The van der Waals surface area contributed by atoms with Crippen LogP contribution in [0.5, 0.6) is 5.75 Å². The van der Waals surface area contributed by atoms with Gasteiger partial charge < -0.3 is 15.2 Å². The molecular weight excluding hydrogens is 464 g/mol. The van der Waals surface area contributed by atoms with Gasteiger partial charge in [0.25, 0.3) is 11.8 Å². The molecule has 0 saturated carbocycles. The highest BCUT2D eigenvalue weighted by Crippen LogP contribution is 2.37. The normalized spacial score (nSPS) is 18.8. The van der Waals surface area contributed by atoms with E-state index in [1.54, 1.807) is 24.3 Å². The molecule has 2 aliphatic heterocycles. The van der Waals surface area contributed by atoms with Crippen LogP contribution >= 0.6 is 11.8 Å². The van der Waals surface area contributed by atoms with E-state index in [1.165, 1.54) is 22.7 Å². The number of β-lactam (4-membered cyclic amide) rings is 1. The van der Waals surface area contributed by atoms with E-state index in [0.717, 1.165) is 11.1 Å². The van der Waals surface area contributed by atoms with Gasteiger partial charge in [-0.15, -0.1) is 11.8 Å². The third-order valence-corrected chi connectivity index (χ3v) is 7.11. The molecule has 3 aromatic rings. The van der Waals surface area contributed by atoms with Gasteiger partial charge >= 0.3 is 5.97 Å². The first-order chi connectivity index (χ1) is 17.0. The van der Waals surface area contributed by atoms with Gasteiger partial charge in [0, 0.05) is 11.3 Å². The summed E-state index contributed by atoms with van der Waals surface area (Å²) in [5.41, 5.74) is 2.37. The molecule has 7 nitrogen and oxygen atoms in total. The third-order valence-electron chi connectivity index (χ3n) is 5.93. The molecule has 0 radical (unpaired) electrons. The van der Waals surface area contributed by atoms with Gasteiger partial charge in [0.05, 0.1) is 0 Å². The maximum atomic E-state index is 12.8. The van der Waals surface area contributed by atoms with Crippen LogP contribution < -0.4 is 10.1 Å². The van der Waals surface area contributed by atoms with Gasteiger partial charge in [-0.2, -0.15) is 0 Å². The second-order valence-corrected chi connectivity index (χ2v) is 9.27. The third kappa shape index (κ3) is 4.52. The second-order valence-electron chi connectivity index (χ2n) is 8.12. The van der Waals surface area contributed by atoms with E-state index in [4.69, 9.17) is 4.74 Å². The number of fused-ring (bicyclic) bond motifs is 1. The summed E-state index contributed by atoms with van der Waals surface area (Å²) in [6.45, 7) is 0. The van der Waals surface area contributed by atoms with Crippen molar-refractivity contribution in [3.05, 3.63) is 113 Å². The van der Waals surface area contributed by atoms with Gasteiger partial charge in [-0.1, -0.05) is 60.7 Å². The van der Waals surface area contributed by atoms with E-state index >= 15 is 0 Å². The molecule has 0 aliphatic carbocycles. The molecular formula is C27H22N2O5S. The monoisotopic (exact) mass is 486 g/mol. The molecule has 8 heteroatoms. The minimum atomic E-state index is -1.15. The SMILES string of the molecule is O=C(O)C1=CCS[C@@H]2C(NC(=O)c3ccc(OC(c4ccccc4)c4ccccc4)cc3)C(=O)N12. The Bertz CT molecular complexity index is 1240. The molecule has 1 unspecified atom stereocenters. The average molecular weight is 487 g/mol. The number of ether oxygens (including phenoxy) is 1. The number of carbonyl (C=O) groups excluding carboxylic acids is 2. The fraction of sp³-hybridized carbons (Fsp3) is 0.148. The number of carboxylic acid groups (broad SMARTS) is 1. The highest BCUT2D eigenvalue weighted by Gasteiger charge is 2.52. The van der Waals surface area contributed by atoms with Gasteiger partial charge in [0.2, 0.25) is 0 Å². The number of rotatable bonds is 7. The lowest BCUT2D eigenvalue weighted by molar-refractivity contribution is -0.148. The molecule has 2 amide bonds. The number of aliphatic carboxylic acids is 1. The first kappa shape index (κ1) is 22.7. The molecule has 2 aliphatic rings. The smallest absolute Gasteiger partial charge is 0.352 e. The molecule has 1 saturated heterocycles. The fourth-order valence-corrected chi connectivity index (χ4v) is 5.36. The first-order valence-corrected chi connectivity index (χ1v) is 12.1. The van der Waals surface area contributed by atoms with Crippen molar-refractivity contribution in [1.29, 1.82) is 0 Å². The van der Waals surface area contributed by atoms with Crippen molar-refractivity contribution < 1.29 is 24.2 Å². The van der Waals surface area contributed by atoms with E-state index in [-0.39, 0.29) is 11.8 Å². The Morgan fingerprint density at radius 3 is 2.11 bits per heavy atom. The Morgan fingerprint density at radius 1 is 0.943 bits per heavy atom. The largest absolute Gasteiger partial charge is 0.481 e. The number of hydrogen-bond donors (Lipinski definition) is 2. The molecule has 3 aromatic carbocycles. The molecule has 0 spiro atoms. The summed E-state index contributed by atoms with van der Waals surface area (Å²) in [6.07, 6.45) is 1.20. The van der Waals surface area contributed by atoms with Crippen LogP contribution in [0, 0.1) is 0 Å². The van der Waals surface area contributed by atoms with Crippen molar-refractivity contribution in [3.8, 4) is 5.75 Å². The zero-order chi connectivity index (χ0) is 24.4. The van der Waals surface area contributed by atoms with E-state index in [1.807, 2.05) is 60.7 Å².